The Kier molecular flexibility index (Phi) is 29.8. The zero-order chi connectivity index (χ0) is 30.5. The third-order valence-corrected chi connectivity index (χ3v) is 6.47. The van der Waals surface area contributed by atoms with Gasteiger partial charge in [0.05, 0.1) is 0 Å². The molecule has 5 heteroatoms. The molecular formula is C34H61NO3Y-2. The van der Waals surface area contributed by atoms with E-state index in [1.165, 1.54) is 5.57 Å². The predicted octanol–water partition coefficient (Wildman–Crippen LogP) is 10.1. The number of carbonyl (C=O) groups excluding carboxylic acids is 1. The van der Waals surface area contributed by atoms with Crippen LogP contribution in [0.2, 0.25) is 0 Å². The molecule has 0 bridgehead atoms. The first-order chi connectivity index (χ1) is 18.0. The fourth-order valence-electron chi connectivity index (χ4n) is 3.96. The van der Waals surface area contributed by atoms with Crippen LogP contribution in [-0.2, 0) is 43.9 Å². The summed E-state index contributed by atoms with van der Waals surface area (Å²) in [4.78, 5) is 13.5. The maximum Gasteiger partial charge on any atom is 0.172 e. The minimum absolute atomic E-state index is 0. The average molecular weight is 621 g/mol. The summed E-state index contributed by atoms with van der Waals surface area (Å²) < 4.78 is 5.47. The monoisotopic (exact) mass is 620 g/mol. The fourth-order valence-corrected chi connectivity index (χ4v) is 3.96. The zero-order valence-corrected chi connectivity index (χ0v) is 30.5. The Morgan fingerprint density at radius 2 is 1.67 bits per heavy atom. The van der Waals surface area contributed by atoms with Gasteiger partial charge < -0.3 is 14.7 Å². The van der Waals surface area contributed by atoms with Crippen molar-refractivity contribution in [2.45, 2.75) is 121 Å². The van der Waals surface area contributed by atoms with Gasteiger partial charge in [-0.25, -0.2) is 0 Å². The number of rotatable bonds is 8. The Hall–Kier alpha value is -1.10. The van der Waals surface area contributed by atoms with E-state index >= 15 is 0 Å². The quantitative estimate of drug-likeness (QED) is 0.103. The summed E-state index contributed by atoms with van der Waals surface area (Å²) in [5, 5.41) is 10.9. The van der Waals surface area contributed by atoms with Crippen LogP contribution in [0.4, 0.5) is 0 Å². The van der Waals surface area contributed by atoms with Gasteiger partial charge in [-0.1, -0.05) is 99.0 Å². The molecule has 0 spiro atoms. The number of phenols is 1. The number of unbranched alkanes of at least 4 members (excludes halogenated alkanes) is 2. The number of aryl methyl sites for hydroxylation is 1. The van der Waals surface area contributed by atoms with Crippen molar-refractivity contribution in [2.24, 2.45) is 5.41 Å². The smallest absolute Gasteiger partial charge is 0.172 e. The Bertz CT molecular complexity index is 817. The van der Waals surface area contributed by atoms with Gasteiger partial charge in [-0.2, -0.15) is 0 Å². The molecule has 0 saturated heterocycles. The normalized spacial score (nSPS) is 17.1. The van der Waals surface area contributed by atoms with Gasteiger partial charge in [-0.3, -0.25) is 18.8 Å². The second-order valence-corrected chi connectivity index (χ2v) is 9.32. The first-order valence-corrected chi connectivity index (χ1v) is 14.7. The molecule has 0 fully saturated rings. The first-order valence-electron chi connectivity index (χ1n) is 14.7. The second kappa shape index (κ2) is 25.8. The summed E-state index contributed by atoms with van der Waals surface area (Å²) in [6.07, 6.45) is 8.29. The SMILES string of the molecule is C=C(C)C1(C)CCC(C)=CC1c1c(O)cc(CCCCC)cc1OC([CH2-])=O.CC.CC.CC.[CH2-]N(C)CC.[Y]. The average Bonchev–Trinajstić information content (AvgIpc) is 2.89. The van der Waals surface area contributed by atoms with E-state index < -0.39 is 5.97 Å². The Balaban J connectivity index is -0.000000443. The van der Waals surface area contributed by atoms with Crippen LogP contribution in [-0.4, -0.2) is 29.6 Å². The summed E-state index contributed by atoms with van der Waals surface area (Å²) in [5.74, 6) is -0.105. The van der Waals surface area contributed by atoms with Gasteiger partial charge in [-0.15, -0.1) is 0 Å². The number of aromatic hydroxyl groups is 1. The van der Waals surface area contributed by atoms with Crippen LogP contribution >= 0.6 is 0 Å². The number of ether oxygens (including phenoxy) is 1. The molecule has 0 aliphatic heterocycles. The molecular weight excluding hydrogens is 559 g/mol. The molecule has 1 aliphatic rings. The predicted molar refractivity (Wildman–Crippen MR) is 169 cm³/mol. The zero-order valence-electron chi connectivity index (χ0n) is 27.7. The van der Waals surface area contributed by atoms with Crippen molar-refractivity contribution in [2.75, 3.05) is 13.6 Å². The van der Waals surface area contributed by atoms with Crippen LogP contribution in [0.1, 0.15) is 125 Å². The number of benzene rings is 1. The van der Waals surface area contributed by atoms with Crippen molar-refractivity contribution in [1.29, 1.82) is 0 Å². The van der Waals surface area contributed by atoms with Crippen molar-refractivity contribution >= 4 is 5.97 Å². The molecule has 4 nitrogen and oxygen atoms in total. The number of nitrogens with zero attached hydrogens (tertiary/aromatic N) is 1. The number of allylic oxidation sites excluding steroid dienone is 3. The molecule has 0 amide bonds. The van der Waals surface area contributed by atoms with E-state index in [9.17, 15) is 9.90 Å². The summed E-state index contributed by atoms with van der Waals surface area (Å²) in [6.45, 7) is 31.1. The molecule has 2 rings (SSSR count). The fraction of sp³-hybridized carbons (Fsp3) is 0.618. The minimum Gasteiger partial charge on any atom is -0.507 e. The second-order valence-electron chi connectivity index (χ2n) is 9.32. The standard InChI is InChI=1S/C24H33O3.C4H10N.3C2H6.Y/c1-7-8-9-10-19-14-21(26)23(22(15-19)27-18(5)25)20-13-17(4)11-12-24(20,6)16(2)3;1-4-5(2)3;3*1-2;/h13-15,20,26H,2,5,7-12H2,1,3-4,6H3;2,4H2,1,3H3;3*1-2H3;/q2*-1;;;;. The third-order valence-electron chi connectivity index (χ3n) is 6.47. The van der Waals surface area contributed by atoms with Crippen molar-refractivity contribution in [1.82, 2.24) is 4.90 Å². The third kappa shape index (κ3) is 16.7. The number of hydrogen-bond acceptors (Lipinski definition) is 4. The topological polar surface area (TPSA) is 49.8 Å². The maximum atomic E-state index is 11.6. The molecule has 2 atom stereocenters. The van der Waals surface area contributed by atoms with Crippen LogP contribution in [0.15, 0.2) is 35.9 Å². The van der Waals surface area contributed by atoms with Gasteiger partial charge in [0.2, 0.25) is 0 Å². The molecule has 1 N–H and O–H groups in total. The van der Waals surface area contributed by atoms with Gasteiger partial charge in [0.25, 0.3) is 0 Å². The van der Waals surface area contributed by atoms with E-state index in [1.807, 2.05) is 72.5 Å². The number of esters is 1. The number of hydrogen-bond donors (Lipinski definition) is 1. The molecule has 0 heterocycles. The summed E-state index contributed by atoms with van der Waals surface area (Å²) in [7, 11) is 5.53. The van der Waals surface area contributed by atoms with Crippen molar-refractivity contribution in [3.8, 4) is 11.5 Å². The molecule has 0 aromatic heterocycles. The summed E-state index contributed by atoms with van der Waals surface area (Å²) in [5.41, 5.74) is 3.78. The van der Waals surface area contributed by atoms with E-state index in [1.54, 1.807) is 0 Å². The van der Waals surface area contributed by atoms with E-state index in [0.29, 0.717) is 11.3 Å². The Morgan fingerprint density at radius 1 is 1.15 bits per heavy atom. The van der Waals surface area contributed by atoms with E-state index in [-0.39, 0.29) is 49.8 Å². The molecule has 0 saturated carbocycles. The first kappa shape index (κ1) is 44.9. The molecule has 1 radical (unpaired) electrons. The van der Waals surface area contributed by atoms with Crippen LogP contribution in [0, 0.1) is 19.4 Å². The van der Waals surface area contributed by atoms with Crippen molar-refractivity contribution in [3.63, 3.8) is 0 Å². The molecule has 1 aromatic carbocycles. The van der Waals surface area contributed by atoms with Gasteiger partial charge in [-0.05, 0) is 76.2 Å². The van der Waals surface area contributed by atoms with Crippen molar-refractivity contribution < 1.29 is 47.3 Å². The van der Waals surface area contributed by atoms with Crippen molar-refractivity contribution in [3.05, 3.63) is 61.0 Å². The molecule has 1 aromatic rings. The largest absolute Gasteiger partial charge is 0.507 e. The van der Waals surface area contributed by atoms with Gasteiger partial charge in [0, 0.05) is 44.2 Å². The van der Waals surface area contributed by atoms with E-state index in [4.69, 9.17) is 4.74 Å². The number of carbonyl (C=O) groups is 1. The summed E-state index contributed by atoms with van der Waals surface area (Å²) in [6, 6.07) is 3.71. The Morgan fingerprint density at radius 3 is 2.08 bits per heavy atom. The minimum atomic E-state index is -0.616. The van der Waals surface area contributed by atoms with Crippen LogP contribution in [0.25, 0.3) is 0 Å². The van der Waals surface area contributed by atoms with Gasteiger partial charge in [0.15, 0.2) is 5.97 Å². The summed E-state index contributed by atoms with van der Waals surface area (Å²) >= 11 is 0. The van der Waals surface area contributed by atoms with Gasteiger partial charge in [0.1, 0.15) is 11.5 Å². The molecule has 1 aliphatic carbocycles. The van der Waals surface area contributed by atoms with Crippen LogP contribution in [0.5, 0.6) is 11.5 Å². The van der Waals surface area contributed by atoms with Gasteiger partial charge >= 0.3 is 0 Å². The molecule has 2 unspecified atom stereocenters. The van der Waals surface area contributed by atoms with Crippen LogP contribution < -0.4 is 4.74 Å². The van der Waals surface area contributed by atoms with Crippen LogP contribution in [0.3, 0.4) is 0 Å². The van der Waals surface area contributed by atoms with E-state index in [0.717, 1.165) is 56.2 Å². The Labute approximate surface area is 269 Å². The number of phenolic OH excluding ortho intramolecular Hbond substituents is 1. The molecule has 225 valence electrons. The maximum absolute atomic E-state index is 11.6. The van der Waals surface area contributed by atoms with E-state index in [2.05, 4.69) is 54.3 Å². The molecule has 39 heavy (non-hydrogen) atoms.